The van der Waals surface area contributed by atoms with Crippen molar-refractivity contribution < 1.29 is 28.7 Å². The van der Waals surface area contributed by atoms with Crippen LogP contribution in [0.2, 0.25) is 0 Å². The largest absolute Gasteiger partial charge is 0.391 e. The van der Waals surface area contributed by atoms with E-state index in [1.54, 1.807) is 29.7 Å². The summed E-state index contributed by atoms with van der Waals surface area (Å²) < 4.78 is 16.0. The fraction of sp³-hybridized carbons (Fsp3) is 0.483. The maximum atomic E-state index is 14.2. The predicted octanol–water partition coefficient (Wildman–Crippen LogP) is 8.67. The molecule has 3 aliphatic heterocycles. The number of aliphatic hydroxyl groups excluding tert-OH is 1. The number of likely N-dealkylation sites (tertiary alicyclic amines) is 1. The van der Waals surface area contributed by atoms with E-state index in [0.717, 1.165) is 114 Å². The van der Waals surface area contributed by atoms with E-state index in [9.17, 15) is 28.7 Å². The van der Waals surface area contributed by atoms with Gasteiger partial charge in [0, 0.05) is 65.1 Å². The van der Waals surface area contributed by atoms with Crippen LogP contribution in [-0.2, 0) is 25.7 Å². The zero-order valence-electron chi connectivity index (χ0n) is 44.3. The molecule has 0 spiro atoms. The number of piperazine rings is 1. The number of β-amino-alcohol motifs (C(OH)–C–C–N with tert-alkyl or cyclic N) is 1. The van der Waals surface area contributed by atoms with Gasteiger partial charge in [0.25, 0.3) is 0 Å². The summed E-state index contributed by atoms with van der Waals surface area (Å²) in [6.45, 7) is 11.4. The Balaban J connectivity index is 0.659. The van der Waals surface area contributed by atoms with Gasteiger partial charge in [-0.25, -0.2) is 23.9 Å². The van der Waals surface area contributed by atoms with E-state index < -0.39 is 23.6 Å². The number of fused-ring (bicyclic) bond motifs is 1. The highest BCUT2D eigenvalue weighted by atomic mass is 32.1. The van der Waals surface area contributed by atoms with Gasteiger partial charge in [0.05, 0.1) is 40.1 Å². The molecule has 3 N–H and O–H groups in total. The third-order valence-corrected chi connectivity index (χ3v) is 16.1. The normalized spacial score (nSPS) is 18.4. The van der Waals surface area contributed by atoms with Gasteiger partial charge in [0.1, 0.15) is 35.2 Å². The average Bonchev–Trinajstić information content (AvgIpc) is 4.27. The fourth-order valence-electron chi connectivity index (χ4n) is 10.8. The van der Waals surface area contributed by atoms with Crippen LogP contribution < -0.4 is 20.4 Å². The number of thiazole rings is 1. The molecular weight excluding hydrogens is 982 g/mol. The summed E-state index contributed by atoms with van der Waals surface area (Å²) in [5.74, 6) is 0.697. The van der Waals surface area contributed by atoms with E-state index in [-0.39, 0.29) is 61.4 Å². The zero-order chi connectivity index (χ0) is 53.3. The van der Waals surface area contributed by atoms with Crippen molar-refractivity contribution in [3.8, 4) is 21.8 Å². The van der Waals surface area contributed by atoms with Crippen molar-refractivity contribution in [2.75, 3.05) is 49.1 Å². The number of pyridine rings is 1. The summed E-state index contributed by atoms with van der Waals surface area (Å²) in [6, 6.07) is 23.0. The molecule has 0 radical (unpaired) electrons. The molecule has 4 aromatic heterocycles. The molecule has 16 nitrogen and oxygen atoms in total. The van der Waals surface area contributed by atoms with Crippen LogP contribution in [0.5, 0.6) is 0 Å². The maximum absolute atomic E-state index is 14.2. The van der Waals surface area contributed by atoms with Crippen LogP contribution in [0.4, 0.5) is 16.0 Å². The van der Waals surface area contributed by atoms with Gasteiger partial charge in [-0.3, -0.25) is 19.2 Å². The Labute approximate surface area is 449 Å². The number of benzene rings is 2. The van der Waals surface area contributed by atoms with E-state index in [4.69, 9.17) is 10.1 Å². The first kappa shape index (κ1) is 54.0. The number of carbonyl (C=O) groups is 4. The topological polar surface area (TPSA) is 182 Å². The van der Waals surface area contributed by atoms with E-state index in [0.29, 0.717) is 39.0 Å². The lowest BCUT2D eigenvalue weighted by molar-refractivity contribution is -0.144. The van der Waals surface area contributed by atoms with Gasteiger partial charge in [-0.2, -0.15) is 0 Å². The van der Waals surface area contributed by atoms with Gasteiger partial charge in [0.15, 0.2) is 5.65 Å². The van der Waals surface area contributed by atoms with E-state index in [1.165, 1.54) is 11.0 Å². The number of nitrogens with zero attached hydrogens (tertiary/aromatic N) is 9. The number of rotatable bonds is 20. The monoisotopic (exact) mass is 1050 g/mol. The second-order valence-corrected chi connectivity index (χ2v) is 22.5. The molecule has 18 heteroatoms. The molecule has 4 amide bonds. The molecule has 0 bridgehead atoms. The Morgan fingerprint density at radius 2 is 1.58 bits per heavy atom. The average molecular weight is 1050 g/mol. The van der Waals surface area contributed by atoms with Crippen LogP contribution in [0.15, 0.2) is 90.6 Å². The molecule has 0 unspecified atom stereocenters. The standard InChI is InChI=1S/C58H72FN11O5S/c1-39-54(76-38-62-39)41-24-22-40(23-25-41)35-61-56(74)47-34-44(71)37-69(47)57(75)55(58(2,3)4)64-52(72)20-10-8-6-5-7-9-11-21-53(73)67-31-29-66(30-32-67)50-19-13-17-45(63-50)48-36-60-49-26-27-51(65-70(48)49)68-28-14-18-46(68)42-15-12-16-43(59)33-42/h12-13,15-17,19,22-27,33,36,38,44,46-47,55,71H,5-11,14,18,20-21,28-32,34-35,37H2,1-4H3,(H,61,74)(H,64,72)/t44-,46-,47+,55-/m1/s1. The zero-order valence-corrected chi connectivity index (χ0v) is 45.1. The lowest BCUT2D eigenvalue weighted by Gasteiger charge is -2.35. The van der Waals surface area contributed by atoms with Crippen LogP contribution in [-0.4, -0.2) is 121 Å². The molecule has 3 saturated heterocycles. The predicted molar refractivity (Wildman–Crippen MR) is 294 cm³/mol. The molecule has 0 saturated carbocycles. The van der Waals surface area contributed by atoms with Gasteiger partial charge in [-0.15, -0.1) is 16.4 Å². The number of nitrogens with one attached hydrogen (secondary N) is 2. The van der Waals surface area contributed by atoms with E-state index >= 15 is 0 Å². The van der Waals surface area contributed by atoms with Crippen molar-refractivity contribution in [2.24, 2.45) is 5.41 Å². The van der Waals surface area contributed by atoms with Gasteiger partial charge < -0.3 is 35.3 Å². The summed E-state index contributed by atoms with van der Waals surface area (Å²) in [4.78, 5) is 77.0. The number of amides is 4. The molecule has 2 aromatic carbocycles. The lowest BCUT2D eigenvalue weighted by atomic mass is 9.85. The number of aryl methyl sites for hydroxylation is 1. The Bertz CT molecular complexity index is 2970. The number of carbonyl (C=O) groups excluding carboxylic acids is 4. The minimum Gasteiger partial charge on any atom is -0.391 e. The molecule has 3 fully saturated rings. The maximum Gasteiger partial charge on any atom is 0.246 e. The first-order valence-corrected chi connectivity index (χ1v) is 28.0. The van der Waals surface area contributed by atoms with Crippen molar-refractivity contribution in [3.63, 3.8) is 0 Å². The molecule has 402 valence electrons. The molecule has 7 heterocycles. The van der Waals surface area contributed by atoms with Crippen molar-refractivity contribution in [1.82, 2.24) is 45.0 Å². The van der Waals surface area contributed by atoms with Gasteiger partial charge in [-0.1, -0.05) is 95.3 Å². The van der Waals surface area contributed by atoms with Crippen LogP contribution in [0.1, 0.15) is 121 Å². The molecule has 6 aromatic rings. The summed E-state index contributed by atoms with van der Waals surface area (Å²) in [6.07, 6.45) is 10.2. The van der Waals surface area contributed by atoms with Crippen LogP contribution in [0.3, 0.4) is 0 Å². The Hall–Kier alpha value is -6.79. The molecule has 9 rings (SSSR count). The van der Waals surface area contributed by atoms with Gasteiger partial charge in [0.2, 0.25) is 23.6 Å². The van der Waals surface area contributed by atoms with Crippen LogP contribution in [0, 0.1) is 18.2 Å². The quantitative estimate of drug-likeness (QED) is 0.0623. The highest BCUT2D eigenvalue weighted by Crippen LogP contribution is 2.36. The Morgan fingerprint density at radius 3 is 2.30 bits per heavy atom. The van der Waals surface area contributed by atoms with Gasteiger partial charge >= 0.3 is 0 Å². The smallest absolute Gasteiger partial charge is 0.246 e. The van der Waals surface area contributed by atoms with Crippen LogP contribution in [0.25, 0.3) is 27.5 Å². The number of aromatic nitrogens is 5. The Kier molecular flexibility index (Phi) is 17.4. The number of anilines is 2. The molecule has 4 atom stereocenters. The third kappa shape index (κ3) is 13.1. The minimum atomic E-state index is -0.863. The second-order valence-electron chi connectivity index (χ2n) is 21.7. The number of imidazole rings is 1. The highest BCUT2D eigenvalue weighted by molar-refractivity contribution is 7.13. The van der Waals surface area contributed by atoms with Crippen molar-refractivity contribution in [2.45, 2.75) is 136 Å². The number of hydrogen-bond donors (Lipinski definition) is 3. The minimum absolute atomic E-state index is 0.0255. The van der Waals surface area contributed by atoms with Crippen LogP contribution >= 0.6 is 11.3 Å². The molecule has 76 heavy (non-hydrogen) atoms. The van der Waals surface area contributed by atoms with E-state index in [1.807, 2.05) is 103 Å². The fourth-order valence-corrected chi connectivity index (χ4v) is 11.6. The molecule has 0 aliphatic carbocycles. The highest BCUT2D eigenvalue weighted by Gasteiger charge is 2.44. The van der Waals surface area contributed by atoms with Crippen molar-refractivity contribution in [3.05, 3.63) is 113 Å². The summed E-state index contributed by atoms with van der Waals surface area (Å²) in [7, 11) is 0. The van der Waals surface area contributed by atoms with Crippen molar-refractivity contribution in [1.29, 1.82) is 0 Å². The number of unbranched alkanes of at least 4 members (excludes halogenated alkanes) is 6. The van der Waals surface area contributed by atoms with E-state index in [2.05, 4.69) is 30.4 Å². The lowest BCUT2D eigenvalue weighted by Crippen LogP contribution is -2.57. The Morgan fingerprint density at radius 1 is 0.842 bits per heavy atom. The first-order valence-electron chi connectivity index (χ1n) is 27.1. The molecular formula is C58H72FN11O5S. The number of hydrogen-bond acceptors (Lipinski definition) is 12. The first-order chi connectivity index (χ1) is 36.7. The molecule has 3 aliphatic rings. The second kappa shape index (κ2) is 24.5. The SMILES string of the molecule is Cc1ncsc1-c1ccc(CNC(=O)[C@@H]2C[C@@H](O)CN2C(=O)[C@@H](NC(=O)CCCCCCCCCC(=O)N2CCN(c3cccc(-c4cnc5ccc(N6CCC[C@@H]6c6cccc(F)c6)nn45)n3)CC2)C(C)(C)C)cc1. The summed E-state index contributed by atoms with van der Waals surface area (Å²) in [5.41, 5.74) is 7.35. The number of aliphatic hydroxyl groups is 1. The summed E-state index contributed by atoms with van der Waals surface area (Å²) >= 11 is 1.58. The summed E-state index contributed by atoms with van der Waals surface area (Å²) in [5, 5.41) is 21.6. The van der Waals surface area contributed by atoms with Gasteiger partial charge in [-0.05, 0) is 91.1 Å². The number of halogens is 1. The van der Waals surface area contributed by atoms with Crippen molar-refractivity contribution >= 4 is 52.2 Å². The third-order valence-electron chi connectivity index (χ3n) is 15.1.